The molecule has 1 aromatic carbocycles. The molecule has 0 bridgehead atoms. The Hall–Kier alpha value is -0.820. The van der Waals surface area contributed by atoms with Crippen molar-refractivity contribution in [1.29, 1.82) is 0 Å². The van der Waals surface area contributed by atoms with Gasteiger partial charge in [-0.25, -0.2) is 0 Å². The van der Waals surface area contributed by atoms with Crippen LogP contribution in [0.2, 0.25) is 0 Å². The molecule has 2 fully saturated rings. The van der Waals surface area contributed by atoms with Gasteiger partial charge in [-0.3, -0.25) is 0 Å². The summed E-state index contributed by atoms with van der Waals surface area (Å²) >= 11 is 0. The third-order valence-corrected chi connectivity index (χ3v) is 5.15. The topological polar surface area (TPSA) is 12.0 Å². The largest absolute Gasteiger partial charge is 0.313 e. The minimum atomic E-state index is 0.586. The summed E-state index contributed by atoms with van der Waals surface area (Å²) in [6.45, 7) is 4.57. The molecule has 19 heavy (non-hydrogen) atoms. The van der Waals surface area contributed by atoms with Crippen molar-refractivity contribution in [2.24, 2.45) is 23.7 Å². The van der Waals surface area contributed by atoms with Crippen LogP contribution < -0.4 is 5.32 Å². The molecule has 1 N–H and O–H groups in total. The summed E-state index contributed by atoms with van der Waals surface area (Å²) < 4.78 is 0. The van der Waals surface area contributed by atoms with E-state index in [1.54, 1.807) is 0 Å². The van der Waals surface area contributed by atoms with Crippen LogP contribution in [0.5, 0.6) is 0 Å². The molecular formula is C18H27N. The second-order valence-electron chi connectivity index (χ2n) is 6.94. The van der Waals surface area contributed by atoms with Crippen molar-refractivity contribution >= 4 is 0 Å². The minimum Gasteiger partial charge on any atom is -0.313 e. The maximum atomic E-state index is 3.57. The summed E-state index contributed by atoms with van der Waals surface area (Å²) in [5.74, 6) is 3.70. The zero-order chi connectivity index (χ0) is 13.4. The summed E-state index contributed by atoms with van der Waals surface area (Å²) in [7, 11) is 2.13. The highest BCUT2D eigenvalue weighted by Gasteiger charge is 2.55. The van der Waals surface area contributed by atoms with Gasteiger partial charge in [0.15, 0.2) is 0 Å². The van der Waals surface area contributed by atoms with Crippen molar-refractivity contribution in [1.82, 2.24) is 5.32 Å². The van der Waals surface area contributed by atoms with Crippen LogP contribution >= 0.6 is 0 Å². The number of hydrogen-bond donors (Lipinski definition) is 1. The summed E-state index contributed by atoms with van der Waals surface area (Å²) in [6, 6.07) is 9.96. The molecule has 0 amide bonds. The highest BCUT2D eigenvalue weighted by atomic mass is 14.9. The van der Waals surface area contributed by atoms with Crippen LogP contribution in [0.1, 0.15) is 50.3 Å². The van der Waals surface area contributed by atoms with Gasteiger partial charge in [-0.15, -0.1) is 0 Å². The Morgan fingerprint density at radius 2 is 1.74 bits per heavy atom. The van der Waals surface area contributed by atoms with E-state index in [1.807, 2.05) is 0 Å². The molecule has 104 valence electrons. The van der Waals surface area contributed by atoms with Crippen LogP contribution in [0, 0.1) is 23.7 Å². The standard InChI is InChI=1S/C18H27N/c1-12(2)11-13-7-9-14(10-8-13)18(19-3)17-15-5-4-6-16(15)17/h7-10,12,15-19H,4-6,11H2,1-3H3. The lowest BCUT2D eigenvalue weighted by Crippen LogP contribution is -2.20. The van der Waals surface area contributed by atoms with Gasteiger partial charge in [-0.1, -0.05) is 44.5 Å². The van der Waals surface area contributed by atoms with E-state index in [0.29, 0.717) is 6.04 Å². The van der Waals surface area contributed by atoms with Crippen LogP contribution in [0.3, 0.4) is 0 Å². The van der Waals surface area contributed by atoms with Crippen LogP contribution in [-0.4, -0.2) is 7.05 Å². The molecule has 2 aliphatic rings. The molecule has 1 nitrogen and oxygen atoms in total. The van der Waals surface area contributed by atoms with E-state index in [9.17, 15) is 0 Å². The van der Waals surface area contributed by atoms with Gasteiger partial charge in [0.2, 0.25) is 0 Å². The van der Waals surface area contributed by atoms with Crippen LogP contribution in [0.25, 0.3) is 0 Å². The average molecular weight is 257 g/mol. The molecule has 0 spiro atoms. The van der Waals surface area contributed by atoms with Crippen molar-refractivity contribution in [3.8, 4) is 0 Å². The number of nitrogens with one attached hydrogen (secondary N) is 1. The molecule has 0 heterocycles. The Morgan fingerprint density at radius 1 is 1.11 bits per heavy atom. The van der Waals surface area contributed by atoms with Gasteiger partial charge in [-0.2, -0.15) is 0 Å². The molecule has 1 heteroatoms. The zero-order valence-electron chi connectivity index (χ0n) is 12.5. The van der Waals surface area contributed by atoms with Crippen molar-refractivity contribution in [2.45, 2.75) is 45.6 Å². The first kappa shape index (κ1) is 13.2. The third-order valence-electron chi connectivity index (χ3n) is 5.15. The molecule has 0 aliphatic heterocycles. The minimum absolute atomic E-state index is 0.586. The van der Waals surface area contributed by atoms with Gasteiger partial charge >= 0.3 is 0 Å². The smallest absolute Gasteiger partial charge is 0.0351 e. The van der Waals surface area contributed by atoms with Crippen LogP contribution in [0.4, 0.5) is 0 Å². The van der Waals surface area contributed by atoms with E-state index < -0.39 is 0 Å². The first-order chi connectivity index (χ1) is 9.20. The van der Waals surface area contributed by atoms with Gasteiger partial charge in [0.05, 0.1) is 0 Å². The highest BCUT2D eigenvalue weighted by Crippen LogP contribution is 2.62. The summed E-state index contributed by atoms with van der Waals surface area (Å²) in [5, 5.41) is 3.57. The Bertz CT molecular complexity index is 410. The molecule has 3 unspecified atom stereocenters. The van der Waals surface area contributed by atoms with Gasteiger partial charge in [-0.05, 0) is 61.1 Å². The van der Waals surface area contributed by atoms with E-state index in [4.69, 9.17) is 0 Å². The zero-order valence-corrected chi connectivity index (χ0v) is 12.5. The first-order valence-corrected chi connectivity index (χ1v) is 7.97. The fourth-order valence-electron chi connectivity index (χ4n) is 4.29. The number of benzene rings is 1. The quantitative estimate of drug-likeness (QED) is 0.834. The van der Waals surface area contributed by atoms with E-state index in [1.165, 1.54) is 36.8 Å². The number of rotatable bonds is 5. The Labute approximate surface area is 117 Å². The van der Waals surface area contributed by atoms with Gasteiger partial charge in [0.1, 0.15) is 0 Å². The molecule has 1 aromatic rings. The monoisotopic (exact) mass is 257 g/mol. The van der Waals surface area contributed by atoms with Crippen molar-refractivity contribution in [2.75, 3.05) is 7.05 Å². The van der Waals surface area contributed by atoms with Crippen LogP contribution in [-0.2, 0) is 6.42 Å². The van der Waals surface area contributed by atoms with E-state index >= 15 is 0 Å². The highest BCUT2D eigenvalue weighted by molar-refractivity contribution is 5.28. The molecule has 0 saturated heterocycles. The Balaban J connectivity index is 1.70. The first-order valence-electron chi connectivity index (χ1n) is 7.97. The normalized spacial score (nSPS) is 30.4. The molecule has 2 saturated carbocycles. The summed E-state index contributed by atoms with van der Waals surface area (Å²) in [5.41, 5.74) is 2.97. The second kappa shape index (κ2) is 5.28. The Morgan fingerprint density at radius 3 is 2.26 bits per heavy atom. The second-order valence-corrected chi connectivity index (χ2v) is 6.94. The number of fused-ring (bicyclic) bond motifs is 1. The fourth-order valence-corrected chi connectivity index (χ4v) is 4.29. The van der Waals surface area contributed by atoms with Crippen molar-refractivity contribution in [3.63, 3.8) is 0 Å². The third kappa shape index (κ3) is 2.58. The van der Waals surface area contributed by atoms with Crippen LogP contribution in [0.15, 0.2) is 24.3 Å². The average Bonchev–Trinajstić information content (AvgIpc) is 2.85. The lowest BCUT2D eigenvalue weighted by molar-refractivity contribution is 0.444. The lowest BCUT2D eigenvalue weighted by atomic mass is 9.94. The van der Waals surface area contributed by atoms with Crippen molar-refractivity contribution < 1.29 is 0 Å². The van der Waals surface area contributed by atoms with Crippen molar-refractivity contribution in [3.05, 3.63) is 35.4 Å². The summed E-state index contributed by atoms with van der Waals surface area (Å²) in [6.07, 6.45) is 5.60. The molecule has 0 aromatic heterocycles. The molecular weight excluding hydrogens is 230 g/mol. The predicted molar refractivity (Wildman–Crippen MR) is 81.1 cm³/mol. The van der Waals surface area contributed by atoms with E-state index in [2.05, 4.69) is 50.5 Å². The SMILES string of the molecule is CNC(c1ccc(CC(C)C)cc1)C1C2CCCC21. The fraction of sp³-hybridized carbons (Fsp3) is 0.667. The van der Waals surface area contributed by atoms with Gasteiger partial charge in [0, 0.05) is 6.04 Å². The maximum Gasteiger partial charge on any atom is 0.0351 e. The van der Waals surface area contributed by atoms with E-state index in [0.717, 1.165) is 23.7 Å². The molecule has 0 radical (unpaired) electrons. The number of hydrogen-bond acceptors (Lipinski definition) is 1. The molecule has 3 rings (SSSR count). The van der Waals surface area contributed by atoms with E-state index in [-0.39, 0.29) is 0 Å². The molecule has 3 atom stereocenters. The lowest BCUT2D eigenvalue weighted by Gasteiger charge is -2.19. The van der Waals surface area contributed by atoms with Gasteiger partial charge in [0.25, 0.3) is 0 Å². The molecule has 2 aliphatic carbocycles. The predicted octanol–water partition coefficient (Wildman–Crippen LogP) is 4.19. The maximum absolute atomic E-state index is 3.57. The van der Waals surface area contributed by atoms with Gasteiger partial charge < -0.3 is 5.32 Å². The summed E-state index contributed by atoms with van der Waals surface area (Å²) in [4.78, 5) is 0. The Kier molecular flexibility index (Phi) is 3.66.